The molecule has 2 rings (SSSR count). The highest BCUT2D eigenvalue weighted by molar-refractivity contribution is 6.42. The van der Waals surface area contributed by atoms with Gasteiger partial charge in [0.05, 0.1) is 26.2 Å². The first-order valence-electron chi connectivity index (χ1n) is 6.22. The second kappa shape index (κ2) is 7.19. The average molecular weight is 365 g/mol. The Labute approximate surface area is 143 Å². The molecule has 0 saturated heterocycles. The maximum absolute atomic E-state index is 10.6. The van der Waals surface area contributed by atoms with Crippen molar-refractivity contribution in [1.29, 1.82) is 0 Å². The Morgan fingerprint density at radius 1 is 0.952 bits per heavy atom. The molecular weight excluding hydrogens is 352 g/mol. The van der Waals surface area contributed by atoms with Crippen LogP contribution in [0.5, 0.6) is 0 Å². The molecule has 0 aliphatic rings. The van der Waals surface area contributed by atoms with Gasteiger partial charge in [0.15, 0.2) is 0 Å². The maximum Gasteiger partial charge on any atom is 0.0885 e. The van der Waals surface area contributed by atoms with Crippen molar-refractivity contribution < 1.29 is 5.11 Å². The van der Waals surface area contributed by atoms with Crippen LogP contribution in [0.1, 0.15) is 23.1 Å². The molecule has 3 N–H and O–H groups in total. The van der Waals surface area contributed by atoms with Crippen molar-refractivity contribution in [2.75, 3.05) is 6.54 Å². The first kappa shape index (κ1) is 16.9. The van der Waals surface area contributed by atoms with Crippen molar-refractivity contribution in [3.63, 3.8) is 0 Å². The van der Waals surface area contributed by atoms with E-state index in [4.69, 9.17) is 52.1 Å². The summed E-state index contributed by atoms with van der Waals surface area (Å²) in [6.07, 6.45) is -0.890. The molecule has 0 saturated carbocycles. The molecule has 0 aliphatic carbocycles. The van der Waals surface area contributed by atoms with Crippen LogP contribution >= 0.6 is 46.4 Å². The van der Waals surface area contributed by atoms with Crippen LogP contribution in [0.15, 0.2) is 36.4 Å². The third kappa shape index (κ3) is 3.65. The van der Waals surface area contributed by atoms with Crippen LogP contribution in [-0.2, 0) is 0 Å². The second-order valence-corrected chi connectivity index (χ2v) is 6.20. The highest BCUT2D eigenvalue weighted by Crippen LogP contribution is 2.38. The van der Waals surface area contributed by atoms with Gasteiger partial charge >= 0.3 is 0 Å². The predicted octanol–water partition coefficient (Wildman–Crippen LogP) is 5.08. The zero-order valence-corrected chi connectivity index (χ0v) is 13.9. The van der Waals surface area contributed by atoms with Gasteiger partial charge < -0.3 is 10.8 Å². The van der Waals surface area contributed by atoms with E-state index in [9.17, 15) is 5.11 Å². The third-order valence-corrected chi connectivity index (χ3v) is 4.88. The number of benzene rings is 2. The first-order chi connectivity index (χ1) is 9.95. The Morgan fingerprint density at radius 2 is 1.67 bits per heavy atom. The standard InChI is InChI=1S/C15H13Cl4NO/c16-11-5-4-8(6-13(11)18)10(7-20)15(21)9-2-1-3-12(17)14(9)19/h1-6,10,15,21H,7,20H2. The molecule has 0 radical (unpaired) electrons. The zero-order valence-electron chi connectivity index (χ0n) is 10.9. The van der Waals surface area contributed by atoms with E-state index in [1.165, 1.54) is 0 Å². The number of aliphatic hydroxyl groups excluding tert-OH is 1. The van der Waals surface area contributed by atoms with Gasteiger partial charge in [0.1, 0.15) is 0 Å². The van der Waals surface area contributed by atoms with Gasteiger partial charge in [-0.15, -0.1) is 0 Å². The normalized spacial score (nSPS) is 14.0. The molecule has 0 fully saturated rings. The molecule has 0 amide bonds. The van der Waals surface area contributed by atoms with E-state index in [0.717, 1.165) is 5.56 Å². The van der Waals surface area contributed by atoms with E-state index in [1.807, 2.05) is 0 Å². The summed E-state index contributed by atoms with van der Waals surface area (Å²) in [7, 11) is 0. The smallest absolute Gasteiger partial charge is 0.0885 e. The topological polar surface area (TPSA) is 46.2 Å². The Bertz CT molecular complexity index is 648. The molecule has 2 aromatic carbocycles. The highest BCUT2D eigenvalue weighted by Gasteiger charge is 2.24. The largest absolute Gasteiger partial charge is 0.388 e. The van der Waals surface area contributed by atoms with Crippen LogP contribution < -0.4 is 5.73 Å². The summed E-state index contributed by atoms with van der Waals surface area (Å²) in [6.45, 7) is 0.224. The number of rotatable bonds is 4. The summed E-state index contributed by atoms with van der Waals surface area (Å²) < 4.78 is 0. The predicted molar refractivity (Wildman–Crippen MR) is 89.7 cm³/mol. The van der Waals surface area contributed by atoms with Gasteiger partial charge in [0.25, 0.3) is 0 Å². The first-order valence-corrected chi connectivity index (χ1v) is 7.74. The summed E-state index contributed by atoms with van der Waals surface area (Å²) in [4.78, 5) is 0. The number of hydrogen-bond acceptors (Lipinski definition) is 2. The number of halogens is 4. The second-order valence-electron chi connectivity index (χ2n) is 4.60. The van der Waals surface area contributed by atoms with Crippen molar-refractivity contribution in [1.82, 2.24) is 0 Å². The summed E-state index contributed by atoms with van der Waals surface area (Å²) in [5.41, 5.74) is 7.13. The molecule has 112 valence electrons. The summed E-state index contributed by atoms with van der Waals surface area (Å²) in [5, 5.41) is 12.2. The SMILES string of the molecule is NCC(c1ccc(Cl)c(Cl)c1)C(O)c1cccc(Cl)c1Cl. The molecule has 2 unspecified atom stereocenters. The lowest BCUT2D eigenvalue weighted by molar-refractivity contribution is 0.147. The van der Waals surface area contributed by atoms with Crippen molar-refractivity contribution in [2.24, 2.45) is 5.73 Å². The molecule has 0 spiro atoms. The quantitative estimate of drug-likeness (QED) is 0.794. The van der Waals surface area contributed by atoms with E-state index < -0.39 is 6.10 Å². The van der Waals surface area contributed by atoms with Gasteiger partial charge in [-0.25, -0.2) is 0 Å². The molecule has 0 aliphatic heterocycles. The van der Waals surface area contributed by atoms with E-state index >= 15 is 0 Å². The Balaban J connectivity index is 2.40. The lowest BCUT2D eigenvalue weighted by atomic mass is 9.89. The van der Waals surface area contributed by atoms with E-state index in [0.29, 0.717) is 25.7 Å². The summed E-state index contributed by atoms with van der Waals surface area (Å²) >= 11 is 24.1. The zero-order chi connectivity index (χ0) is 15.6. The van der Waals surface area contributed by atoms with Crippen LogP contribution in [0.2, 0.25) is 20.1 Å². The fourth-order valence-corrected chi connectivity index (χ4v) is 2.88. The molecule has 0 bridgehead atoms. The number of nitrogens with two attached hydrogens (primary N) is 1. The van der Waals surface area contributed by atoms with E-state index in [2.05, 4.69) is 0 Å². The molecule has 21 heavy (non-hydrogen) atoms. The molecule has 2 nitrogen and oxygen atoms in total. The third-order valence-electron chi connectivity index (χ3n) is 3.31. The van der Waals surface area contributed by atoms with Crippen molar-refractivity contribution >= 4 is 46.4 Å². The van der Waals surface area contributed by atoms with E-state index in [1.54, 1.807) is 36.4 Å². The van der Waals surface area contributed by atoms with Crippen LogP contribution in [-0.4, -0.2) is 11.7 Å². The Kier molecular flexibility index (Phi) is 5.78. The lowest BCUT2D eigenvalue weighted by Crippen LogP contribution is -2.20. The Hall–Kier alpha value is -0.480. The Morgan fingerprint density at radius 3 is 2.29 bits per heavy atom. The molecule has 0 aromatic heterocycles. The molecule has 6 heteroatoms. The molecule has 0 heterocycles. The van der Waals surface area contributed by atoms with Crippen molar-refractivity contribution in [3.8, 4) is 0 Å². The molecule has 2 aromatic rings. The molecule has 2 atom stereocenters. The van der Waals surface area contributed by atoms with Gasteiger partial charge in [0.2, 0.25) is 0 Å². The van der Waals surface area contributed by atoms with Gasteiger partial charge in [-0.05, 0) is 23.8 Å². The van der Waals surface area contributed by atoms with Crippen LogP contribution in [0.3, 0.4) is 0 Å². The molecular formula is C15H13Cl4NO. The van der Waals surface area contributed by atoms with Gasteiger partial charge in [-0.1, -0.05) is 64.6 Å². The van der Waals surface area contributed by atoms with Gasteiger partial charge in [-0.2, -0.15) is 0 Å². The summed E-state index contributed by atoms with van der Waals surface area (Å²) in [6, 6.07) is 10.3. The summed E-state index contributed by atoms with van der Waals surface area (Å²) in [5.74, 6) is -0.365. The van der Waals surface area contributed by atoms with Crippen LogP contribution in [0, 0.1) is 0 Å². The number of hydrogen-bond donors (Lipinski definition) is 2. The monoisotopic (exact) mass is 363 g/mol. The average Bonchev–Trinajstić information content (AvgIpc) is 2.46. The van der Waals surface area contributed by atoms with Gasteiger partial charge in [-0.3, -0.25) is 0 Å². The van der Waals surface area contributed by atoms with Gasteiger partial charge in [0, 0.05) is 18.0 Å². The minimum absolute atomic E-state index is 0.224. The van der Waals surface area contributed by atoms with Crippen molar-refractivity contribution in [2.45, 2.75) is 12.0 Å². The van der Waals surface area contributed by atoms with Crippen LogP contribution in [0.4, 0.5) is 0 Å². The lowest BCUT2D eigenvalue weighted by Gasteiger charge is -2.23. The highest BCUT2D eigenvalue weighted by atomic mass is 35.5. The minimum Gasteiger partial charge on any atom is -0.388 e. The number of aliphatic hydroxyl groups is 1. The fourth-order valence-electron chi connectivity index (χ4n) is 2.16. The maximum atomic E-state index is 10.6. The fraction of sp³-hybridized carbons (Fsp3) is 0.200. The van der Waals surface area contributed by atoms with Crippen LogP contribution in [0.25, 0.3) is 0 Å². The van der Waals surface area contributed by atoms with Crippen molar-refractivity contribution in [3.05, 3.63) is 67.6 Å². The van der Waals surface area contributed by atoms with E-state index in [-0.39, 0.29) is 12.5 Å². The minimum atomic E-state index is -0.890.